The molecule has 0 saturated carbocycles. The molecule has 1 aliphatic rings. The first-order valence-corrected chi connectivity index (χ1v) is 9.86. The third-order valence-electron chi connectivity index (χ3n) is 5.31. The fraction of sp³-hybridized carbons (Fsp3) is 0.391. The zero-order valence-electron chi connectivity index (χ0n) is 16.4. The molecule has 0 spiro atoms. The van der Waals surface area contributed by atoms with Crippen molar-refractivity contribution in [2.45, 2.75) is 32.8 Å². The molecule has 1 aliphatic heterocycles. The van der Waals surface area contributed by atoms with Gasteiger partial charge in [0.1, 0.15) is 0 Å². The first kappa shape index (κ1) is 20.1. The Morgan fingerprint density at radius 1 is 1.07 bits per heavy atom. The summed E-state index contributed by atoms with van der Waals surface area (Å²) in [6, 6.07) is 15.4. The van der Waals surface area contributed by atoms with E-state index < -0.39 is 0 Å². The second kappa shape index (κ2) is 9.51. The minimum atomic E-state index is -0.140. The molecule has 28 heavy (non-hydrogen) atoms. The zero-order valence-corrected chi connectivity index (χ0v) is 16.4. The zero-order chi connectivity index (χ0) is 19.9. The molecule has 2 N–H and O–H groups in total. The molecule has 0 bridgehead atoms. The molecule has 1 atom stereocenters. The summed E-state index contributed by atoms with van der Waals surface area (Å²) in [5, 5.41) is 11.9. The van der Waals surface area contributed by atoms with Crippen LogP contribution in [0.3, 0.4) is 0 Å². The number of nitrogens with zero attached hydrogens (tertiary/aromatic N) is 1. The number of aliphatic hydroxyl groups excluding tert-OH is 1. The smallest absolute Gasteiger partial charge is 0.251 e. The fourth-order valence-corrected chi connectivity index (χ4v) is 3.59. The molecule has 1 heterocycles. The Morgan fingerprint density at radius 2 is 1.75 bits per heavy atom. The average molecular weight is 380 g/mol. The van der Waals surface area contributed by atoms with Gasteiger partial charge in [0.15, 0.2) is 0 Å². The number of aliphatic hydroxyl groups is 1. The van der Waals surface area contributed by atoms with Crippen LogP contribution in [0.25, 0.3) is 0 Å². The van der Waals surface area contributed by atoms with Crippen molar-refractivity contribution in [1.82, 2.24) is 10.2 Å². The van der Waals surface area contributed by atoms with Gasteiger partial charge < -0.3 is 15.3 Å². The van der Waals surface area contributed by atoms with E-state index in [2.05, 4.69) is 17.4 Å². The lowest BCUT2D eigenvalue weighted by Crippen LogP contribution is -2.33. The summed E-state index contributed by atoms with van der Waals surface area (Å²) in [4.78, 5) is 26.5. The van der Waals surface area contributed by atoms with Gasteiger partial charge >= 0.3 is 0 Å². The van der Waals surface area contributed by atoms with Gasteiger partial charge in [-0.3, -0.25) is 9.59 Å². The minimum Gasteiger partial charge on any atom is -0.392 e. The van der Waals surface area contributed by atoms with E-state index in [-0.39, 0.29) is 18.4 Å². The molecule has 3 rings (SSSR count). The molecule has 2 amide bonds. The summed E-state index contributed by atoms with van der Waals surface area (Å²) < 4.78 is 0. The van der Waals surface area contributed by atoms with Gasteiger partial charge in [-0.2, -0.15) is 0 Å². The minimum absolute atomic E-state index is 0.0619. The monoisotopic (exact) mass is 380 g/mol. The van der Waals surface area contributed by atoms with E-state index in [1.807, 2.05) is 36.1 Å². The highest BCUT2D eigenvalue weighted by atomic mass is 16.3. The van der Waals surface area contributed by atoms with Crippen LogP contribution in [0.4, 0.5) is 0 Å². The van der Waals surface area contributed by atoms with Gasteiger partial charge in [0.05, 0.1) is 6.61 Å². The molecule has 0 aliphatic carbocycles. The predicted octanol–water partition coefficient (Wildman–Crippen LogP) is 2.70. The number of amides is 2. The van der Waals surface area contributed by atoms with E-state index >= 15 is 0 Å². The lowest BCUT2D eigenvalue weighted by atomic mass is 9.98. The second-order valence-corrected chi connectivity index (χ2v) is 7.55. The normalized spacial score (nSPS) is 16.2. The topological polar surface area (TPSA) is 69.6 Å². The Balaban J connectivity index is 1.40. The Bertz CT molecular complexity index is 800. The van der Waals surface area contributed by atoms with E-state index in [1.165, 1.54) is 5.56 Å². The van der Waals surface area contributed by atoms with Crippen molar-refractivity contribution >= 4 is 11.8 Å². The highest BCUT2D eigenvalue weighted by Gasteiger charge is 2.26. The Kier molecular flexibility index (Phi) is 6.82. The third-order valence-corrected chi connectivity index (χ3v) is 5.31. The molecule has 2 aromatic carbocycles. The molecule has 0 aromatic heterocycles. The number of carbonyl (C=O) groups excluding carboxylic acids is 2. The number of likely N-dealkylation sites (tertiary alicyclic amines) is 1. The molecule has 5 heteroatoms. The highest BCUT2D eigenvalue weighted by Crippen LogP contribution is 2.21. The third kappa shape index (κ3) is 5.42. The standard InChI is InChI=1S/C23H28N2O3/c1-17-2-8-21(9-3-17)23(28)24-12-10-22(27)25-13-11-20(15-25)14-18-4-6-19(16-26)7-5-18/h2-9,20,26H,10-16H2,1H3,(H,24,28)/t20-/m1/s1. The van der Waals surface area contributed by atoms with Crippen LogP contribution in [0.15, 0.2) is 48.5 Å². The van der Waals surface area contributed by atoms with Crippen LogP contribution in [0.2, 0.25) is 0 Å². The van der Waals surface area contributed by atoms with Crippen LogP contribution in [-0.2, 0) is 17.8 Å². The molecular formula is C23H28N2O3. The van der Waals surface area contributed by atoms with E-state index in [4.69, 9.17) is 5.11 Å². The maximum absolute atomic E-state index is 12.4. The number of benzene rings is 2. The van der Waals surface area contributed by atoms with Crippen molar-refractivity contribution in [3.05, 3.63) is 70.8 Å². The second-order valence-electron chi connectivity index (χ2n) is 7.55. The molecule has 1 saturated heterocycles. The van der Waals surface area contributed by atoms with Crippen LogP contribution in [0.1, 0.15) is 39.9 Å². The quantitative estimate of drug-likeness (QED) is 0.776. The van der Waals surface area contributed by atoms with Gasteiger partial charge in [0.25, 0.3) is 5.91 Å². The van der Waals surface area contributed by atoms with Crippen LogP contribution in [-0.4, -0.2) is 41.5 Å². The van der Waals surface area contributed by atoms with Crippen molar-refractivity contribution in [3.63, 3.8) is 0 Å². The van der Waals surface area contributed by atoms with E-state index in [0.717, 1.165) is 37.1 Å². The van der Waals surface area contributed by atoms with Gasteiger partial charge in [-0.1, -0.05) is 42.0 Å². The SMILES string of the molecule is Cc1ccc(C(=O)NCCC(=O)N2CC[C@H](Cc3ccc(CO)cc3)C2)cc1. The molecule has 1 fully saturated rings. The summed E-state index contributed by atoms with van der Waals surface area (Å²) in [7, 11) is 0. The summed E-state index contributed by atoms with van der Waals surface area (Å²) >= 11 is 0. The number of hydrogen-bond donors (Lipinski definition) is 2. The number of aryl methyl sites for hydroxylation is 1. The predicted molar refractivity (Wildman–Crippen MR) is 109 cm³/mol. The molecule has 0 unspecified atom stereocenters. The lowest BCUT2D eigenvalue weighted by molar-refractivity contribution is -0.130. The maximum Gasteiger partial charge on any atom is 0.251 e. The summed E-state index contributed by atoms with van der Waals surface area (Å²) in [5.74, 6) is 0.423. The van der Waals surface area contributed by atoms with Crippen LogP contribution < -0.4 is 5.32 Å². The van der Waals surface area contributed by atoms with Gasteiger partial charge in [0.2, 0.25) is 5.91 Å². The van der Waals surface area contributed by atoms with Crippen molar-refractivity contribution < 1.29 is 14.7 Å². The Labute approximate surface area is 166 Å². The van der Waals surface area contributed by atoms with Gasteiger partial charge in [-0.15, -0.1) is 0 Å². The summed E-state index contributed by atoms with van der Waals surface area (Å²) in [6.45, 7) is 3.95. The van der Waals surface area contributed by atoms with E-state index in [9.17, 15) is 9.59 Å². The average Bonchev–Trinajstić information content (AvgIpc) is 3.17. The molecule has 5 nitrogen and oxygen atoms in total. The van der Waals surface area contributed by atoms with Gasteiger partial charge in [0, 0.05) is 31.6 Å². The summed E-state index contributed by atoms with van der Waals surface area (Å²) in [5.41, 5.74) is 3.88. The molecular weight excluding hydrogens is 352 g/mol. The Hall–Kier alpha value is -2.66. The number of hydrogen-bond acceptors (Lipinski definition) is 3. The molecule has 2 aromatic rings. The van der Waals surface area contributed by atoms with Crippen molar-refractivity contribution in [3.8, 4) is 0 Å². The lowest BCUT2D eigenvalue weighted by Gasteiger charge is -2.17. The number of nitrogens with one attached hydrogen (secondary N) is 1. The van der Waals surface area contributed by atoms with Gasteiger partial charge in [-0.05, 0) is 48.9 Å². The first-order valence-electron chi connectivity index (χ1n) is 9.86. The molecule has 148 valence electrons. The van der Waals surface area contributed by atoms with Crippen LogP contribution in [0.5, 0.6) is 0 Å². The van der Waals surface area contributed by atoms with Crippen molar-refractivity contribution in [1.29, 1.82) is 0 Å². The molecule has 0 radical (unpaired) electrons. The maximum atomic E-state index is 12.4. The van der Waals surface area contributed by atoms with E-state index in [0.29, 0.717) is 24.4 Å². The fourth-order valence-electron chi connectivity index (χ4n) is 3.59. The highest BCUT2D eigenvalue weighted by molar-refractivity contribution is 5.94. The Morgan fingerprint density at radius 3 is 2.43 bits per heavy atom. The van der Waals surface area contributed by atoms with Crippen LogP contribution >= 0.6 is 0 Å². The summed E-state index contributed by atoms with van der Waals surface area (Å²) in [6.07, 6.45) is 2.28. The number of carbonyl (C=O) groups is 2. The number of rotatable bonds is 7. The van der Waals surface area contributed by atoms with Crippen molar-refractivity contribution in [2.75, 3.05) is 19.6 Å². The van der Waals surface area contributed by atoms with E-state index in [1.54, 1.807) is 12.1 Å². The first-order chi connectivity index (χ1) is 13.5. The largest absolute Gasteiger partial charge is 0.392 e. The van der Waals surface area contributed by atoms with Gasteiger partial charge in [-0.25, -0.2) is 0 Å². The van der Waals surface area contributed by atoms with Crippen molar-refractivity contribution in [2.24, 2.45) is 5.92 Å². The van der Waals surface area contributed by atoms with Crippen LogP contribution in [0, 0.1) is 12.8 Å².